The van der Waals surface area contributed by atoms with Crippen molar-refractivity contribution in [2.45, 2.75) is 25.7 Å². The van der Waals surface area contributed by atoms with Crippen LogP contribution in [0.25, 0.3) is 10.8 Å². The Morgan fingerprint density at radius 2 is 1.04 bits per heavy atom. The van der Waals surface area contributed by atoms with Gasteiger partial charge in [0.1, 0.15) is 0 Å². The number of benzene rings is 3. The van der Waals surface area contributed by atoms with Gasteiger partial charge in [-0.3, -0.25) is 9.59 Å². The van der Waals surface area contributed by atoms with E-state index >= 15 is 0 Å². The van der Waals surface area contributed by atoms with Crippen LogP contribution in [0.4, 0.5) is 0 Å². The number of carbonyl (C=O) groups excluding carboxylic acids is 2. The summed E-state index contributed by atoms with van der Waals surface area (Å²) in [4.78, 5) is 25.7. The quantitative estimate of drug-likeness (QED) is 0.479. The Balaban J connectivity index is 1.78. The van der Waals surface area contributed by atoms with Crippen LogP contribution in [0, 0.1) is 0 Å². The molecule has 5 rings (SSSR count). The fourth-order valence-electron chi connectivity index (χ4n) is 4.09. The molecule has 116 valence electrons. The van der Waals surface area contributed by atoms with Crippen LogP contribution in [-0.4, -0.2) is 11.6 Å². The van der Waals surface area contributed by atoms with Crippen LogP contribution >= 0.6 is 0 Å². The van der Waals surface area contributed by atoms with Gasteiger partial charge in [-0.2, -0.15) is 0 Å². The Bertz CT molecular complexity index is 960. The predicted octanol–water partition coefficient (Wildman–Crippen LogP) is 4.49. The lowest BCUT2D eigenvalue weighted by atomic mass is 9.81. The number of carbonyl (C=O) groups is 2. The highest BCUT2D eigenvalue weighted by molar-refractivity contribution is 6.29. The first-order valence-electron chi connectivity index (χ1n) is 8.50. The molecule has 0 unspecified atom stereocenters. The van der Waals surface area contributed by atoms with E-state index in [2.05, 4.69) is 12.1 Å². The summed E-state index contributed by atoms with van der Waals surface area (Å²) in [6, 6.07) is 15.4. The van der Waals surface area contributed by atoms with Gasteiger partial charge < -0.3 is 0 Å². The minimum atomic E-state index is -0.0418. The number of fused-ring (bicyclic) bond motifs is 4. The van der Waals surface area contributed by atoms with Gasteiger partial charge in [-0.25, -0.2) is 0 Å². The lowest BCUT2D eigenvalue weighted by molar-refractivity contribution is 0.0979. The van der Waals surface area contributed by atoms with Crippen molar-refractivity contribution in [2.24, 2.45) is 0 Å². The molecule has 0 atom stereocenters. The van der Waals surface area contributed by atoms with Crippen LogP contribution in [0.3, 0.4) is 0 Å². The Hall–Kier alpha value is -2.74. The summed E-state index contributed by atoms with van der Waals surface area (Å²) in [5.74, 6) is -0.0837. The molecule has 0 amide bonds. The standard InChI is InChI=1S/C22H16O2/c23-21-17-7-3-4-8-18(17)22(24)20-12-16-10-14-6-2-1-5-13(14)9-15(16)11-19(20)21/h3-4,7-12H,1-2,5-6H2. The van der Waals surface area contributed by atoms with Crippen LogP contribution in [0.15, 0.2) is 48.5 Å². The molecule has 0 aromatic heterocycles. The average Bonchev–Trinajstić information content (AvgIpc) is 2.63. The molecule has 0 aliphatic heterocycles. The number of hydrogen-bond acceptors (Lipinski definition) is 2. The normalized spacial score (nSPS) is 15.8. The molecule has 2 nitrogen and oxygen atoms in total. The van der Waals surface area contributed by atoms with Crippen LogP contribution in [0.1, 0.15) is 55.8 Å². The van der Waals surface area contributed by atoms with Gasteiger partial charge in [-0.05, 0) is 59.7 Å². The van der Waals surface area contributed by atoms with E-state index in [9.17, 15) is 9.59 Å². The van der Waals surface area contributed by atoms with Gasteiger partial charge in [0, 0.05) is 22.3 Å². The van der Waals surface area contributed by atoms with Crippen molar-refractivity contribution in [3.63, 3.8) is 0 Å². The van der Waals surface area contributed by atoms with E-state index in [0.29, 0.717) is 22.3 Å². The summed E-state index contributed by atoms with van der Waals surface area (Å²) in [5, 5.41) is 2.13. The lowest BCUT2D eigenvalue weighted by Gasteiger charge is -2.20. The topological polar surface area (TPSA) is 34.1 Å². The summed E-state index contributed by atoms with van der Waals surface area (Å²) in [5.41, 5.74) is 4.91. The van der Waals surface area contributed by atoms with Crippen LogP contribution in [0.2, 0.25) is 0 Å². The SMILES string of the molecule is O=C1c2ccccc2C(=O)c2cc3cc4c(cc3cc21)CCCC4. The van der Waals surface area contributed by atoms with Gasteiger partial charge in [0.15, 0.2) is 11.6 Å². The number of rotatable bonds is 0. The molecule has 24 heavy (non-hydrogen) atoms. The molecule has 2 aliphatic rings. The molecular formula is C22H16O2. The largest absolute Gasteiger partial charge is 0.289 e. The molecule has 0 fully saturated rings. The molecule has 2 aliphatic carbocycles. The third kappa shape index (κ3) is 1.83. The minimum absolute atomic E-state index is 0.0418. The van der Waals surface area contributed by atoms with E-state index in [0.717, 1.165) is 23.6 Å². The fourth-order valence-corrected chi connectivity index (χ4v) is 4.09. The molecule has 0 bridgehead atoms. The summed E-state index contributed by atoms with van der Waals surface area (Å²) in [7, 11) is 0. The minimum Gasteiger partial charge on any atom is -0.289 e. The number of hydrogen-bond donors (Lipinski definition) is 0. The van der Waals surface area contributed by atoms with Crippen LogP contribution < -0.4 is 0 Å². The van der Waals surface area contributed by atoms with Gasteiger partial charge in [0.2, 0.25) is 0 Å². The first-order valence-corrected chi connectivity index (χ1v) is 8.50. The van der Waals surface area contributed by atoms with E-state index in [-0.39, 0.29) is 11.6 Å². The third-order valence-electron chi connectivity index (χ3n) is 5.34. The maximum absolute atomic E-state index is 12.8. The Labute approximate surface area is 140 Å². The van der Waals surface area contributed by atoms with Crippen molar-refractivity contribution in [2.75, 3.05) is 0 Å². The van der Waals surface area contributed by atoms with Gasteiger partial charge in [0.05, 0.1) is 0 Å². The average molecular weight is 312 g/mol. The van der Waals surface area contributed by atoms with Gasteiger partial charge in [-0.15, -0.1) is 0 Å². The van der Waals surface area contributed by atoms with Crippen molar-refractivity contribution >= 4 is 22.3 Å². The van der Waals surface area contributed by atoms with Crippen molar-refractivity contribution in [1.29, 1.82) is 0 Å². The first-order chi connectivity index (χ1) is 11.7. The highest BCUT2D eigenvalue weighted by atomic mass is 16.1. The van der Waals surface area contributed by atoms with Crippen molar-refractivity contribution in [3.05, 3.63) is 81.9 Å². The lowest BCUT2D eigenvalue weighted by Crippen LogP contribution is -2.20. The highest BCUT2D eigenvalue weighted by Gasteiger charge is 2.29. The Morgan fingerprint density at radius 1 is 0.583 bits per heavy atom. The maximum atomic E-state index is 12.8. The molecule has 2 heteroatoms. The molecule has 3 aromatic carbocycles. The molecule has 0 radical (unpaired) electrons. The molecule has 0 spiro atoms. The summed E-state index contributed by atoms with van der Waals surface area (Å²) in [6.07, 6.45) is 4.68. The van der Waals surface area contributed by atoms with Gasteiger partial charge in [-0.1, -0.05) is 36.4 Å². The second kappa shape index (κ2) is 4.88. The molecule has 0 saturated heterocycles. The van der Waals surface area contributed by atoms with E-state index in [1.165, 1.54) is 24.0 Å². The number of ketones is 2. The van der Waals surface area contributed by atoms with Crippen LogP contribution in [0.5, 0.6) is 0 Å². The molecule has 0 saturated carbocycles. The maximum Gasteiger partial charge on any atom is 0.194 e. The second-order valence-corrected chi connectivity index (χ2v) is 6.78. The zero-order valence-electron chi connectivity index (χ0n) is 13.3. The van der Waals surface area contributed by atoms with E-state index in [1.54, 1.807) is 12.1 Å². The van der Waals surface area contributed by atoms with Crippen molar-refractivity contribution in [1.82, 2.24) is 0 Å². The summed E-state index contributed by atoms with van der Waals surface area (Å²) < 4.78 is 0. The Kier molecular flexibility index (Phi) is 2.78. The monoisotopic (exact) mass is 312 g/mol. The molecule has 3 aromatic rings. The van der Waals surface area contributed by atoms with E-state index in [1.807, 2.05) is 24.3 Å². The smallest absolute Gasteiger partial charge is 0.194 e. The summed E-state index contributed by atoms with van der Waals surface area (Å²) >= 11 is 0. The molecule has 0 N–H and O–H groups in total. The Morgan fingerprint density at radius 3 is 1.50 bits per heavy atom. The zero-order chi connectivity index (χ0) is 16.3. The summed E-state index contributed by atoms with van der Waals surface area (Å²) in [6.45, 7) is 0. The van der Waals surface area contributed by atoms with Crippen molar-refractivity contribution < 1.29 is 9.59 Å². The number of aryl methyl sites for hydroxylation is 2. The fraction of sp³-hybridized carbons (Fsp3) is 0.182. The second-order valence-electron chi connectivity index (χ2n) is 6.78. The highest BCUT2D eigenvalue weighted by Crippen LogP contribution is 2.33. The third-order valence-corrected chi connectivity index (χ3v) is 5.34. The molecule has 0 heterocycles. The van der Waals surface area contributed by atoms with Crippen LogP contribution in [-0.2, 0) is 12.8 Å². The zero-order valence-corrected chi connectivity index (χ0v) is 13.3. The van der Waals surface area contributed by atoms with E-state index in [4.69, 9.17) is 0 Å². The van der Waals surface area contributed by atoms with Crippen molar-refractivity contribution in [3.8, 4) is 0 Å². The van der Waals surface area contributed by atoms with E-state index < -0.39 is 0 Å². The van der Waals surface area contributed by atoms with Gasteiger partial charge >= 0.3 is 0 Å². The van der Waals surface area contributed by atoms with Gasteiger partial charge in [0.25, 0.3) is 0 Å². The first kappa shape index (κ1) is 13.7. The molecular weight excluding hydrogens is 296 g/mol. The predicted molar refractivity (Wildman–Crippen MR) is 93.9 cm³/mol.